The summed E-state index contributed by atoms with van der Waals surface area (Å²) in [6, 6.07) is 6.85. The number of methoxy groups -OCH3 is 2. The highest BCUT2D eigenvalue weighted by atomic mass is 35.5. The molecule has 0 aliphatic carbocycles. The highest BCUT2D eigenvalue weighted by molar-refractivity contribution is 7.92. The maximum absolute atomic E-state index is 15.5. The molecule has 3 aromatic carbocycles. The van der Waals surface area contributed by atoms with Crippen LogP contribution in [-0.4, -0.2) is 38.8 Å². The fraction of sp³-hybridized carbons (Fsp3) is 0.185. The minimum Gasteiger partial charge on any atom is -0.497 e. The van der Waals surface area contributed by atoms with Crippen LogP contribution in [0.15, 0.2) is 72.0 Å². The van der Waals surface area contributed by atoms with Crippen molar-refractivity contribution >= 4 is 44.7 Å². The van der Waals surface area contributed by atoms with E-state index in [2.05, 4.69) is 9.97 Å². The van der Waals surface area contributed by atoms with E-state index in [0.29, 0.717) is 23.4 Å². The Morgan fingerprint density at radius 3 is 2.35 bits per heavy atom. The van der Waals surface area contributed by atoms with E-state index >= 15 is 4.39 Å². The topological polar surface area (TPSA) is 93.7 Å². The summed E-state index contributed by atoms with van der Waals surface area (Å²) in [5.74, 6) is -2.16. The van der Waals surface area contributed by atoms with Gasteiger partial charge >= 0.3 is 6.18 Å². The minimum atomic E-state index is -5.09. The number of anilines is 2. The number of nitrogens with one attached hydrogen (secondary N) is 1. The zero-order valence-electron chi connectivity index (χ0n) is 22.2. The third kappa shape index (κ3) is 7.03. The summed E-state index contributed by atoms with van der Waals surface area (Å²) in [6.07, 6.45) is -2.75. The van der Waals surface area contributed by atoms with Gasteiger partial charge in [-0.3, -0.25) is 0 Å². The first-order valence-electron chi connectivity index (χ1n) is 12.0. The van der Waals surface area contributed by atoms with Gasteiger partial charge in [0, 0.05) is 34.5 Å². The van der Waals surface area contributed by atoms with Gasteiger partial charge < -0.3 is 14.8 Å². The van der Waals surface area contributed by atoms with Crippen molar-refractivity contribution in [3.05, 3.63) is 99.9 Å². The van der Waals surface area contributed by atoms with Gasteiger partial charge in [0.25, 0.3) is 10.0 Å². The smallest absolute Gasteiger partial charge is 0.412 e. The van der Waals surface area contributed by atoms with Gasteiger partial charge in [-0.15, -0.1) is 0 Å². The van der Waals surface area contributed by atoms with E-state index in [1.807, 2.05) is 5.32 Å². The molecule has 8 nitrogen and oxygen atoms in total. The second-order valence-corrected chi connectivity index (χ2v) is 11.5. The standard InChI is InChI=1S/C27H21Cl2F5N4O4S/c1-41-17-5-3-15(23(10-17)42-2)13-38(25-7-8-35-14-36-25)43(39,40)24-11-19(29)22(12-21(24)31)37-26(27(32,33)34)18-9-16(28)4-6-20(18)30/h3-12,14,26,37H,13H2,1-2H3. The molecular weight excluding hydrogens is 642 g/mol. The Balaban J connectivity index is 1.77. The van der Waals surface area contributed by atoms with Crippen molar-refractivity contribution in [2.24, 2.45) is 0 Å². The number of aromatic nitrogens is 2. The van der Waals surface area contributed by atoms with E-state index in [4.69, 9.17) is 32.7 Å². The van der Waals surface area contributed by atoms with Gasteiger partial charge in [-0.05, 0) is 42.5 Å². The molecule has 1 unspecified atom stereocenters. The fourth-order valence-electron chi connectivity index (χ4n) is 4.04. The number of hydrogen-bond donors (Lipinski definition) is 1. The van der Waals surface area contributed by atoms with Crippen molar-refractivity contribution in [3.63, 3.8) is 0 Å². The van der Waals surface area contributed by atoms with Crippen LogP contribution in [0.4, 0.5) is 33.5 Å². The molecule has 1 N–H and O–H groups in total. The van der Waals surface area contributed by atoms with Crippen LogP contribution in [0.2, 0.25) is 10.0 Å². The first kappa shape index (κ1) is 32.0. The Morgan fingerprint density at radius 1 is 0.977 bits per heavy atom. The number of hydrogen-bond acceptors (Lipinski definition) is 7. The number of sulfonamides is 1. The third-order valence-electron chi connectivity index (χ3n) is 6.12. The molecular formula is C27H21Cl2F5N4O4S. The number of halogens is 7. The van der Waals surface area contributed by atoms with E-state index in [1.165, 1.54) is 38.6 Å². The quantitative estimate of drug-likeness (QED) is 0.180. The van der Waals surface area contributed by atoms with Gasteiger partial charge in [-0.2, -0.15) is 13.2 Å². The summed E-state index contributed by atoms with van der Waals surface area (Å²) >= 11 is 12.0. The average molecular weight is 663 g/mol. The normalized spacial score (nSPS) is 12.5. The molecule has 1 atom stereocenters. The Kier molecular flexibility index (Phi) is 9.52. The van der Waals surface area contributed by atoms with Crippen LogP contribution in [0, 0.1) is 11.6 Å². The summed E-state index contributed by atoms with van der Waals surface area (Å²) in [6.45, 7) is -0.409. The van der Waals surface area contributed by atoms with Crippen LogP contribution < -0.4 is 19.1 Å². The molecule has 0 aliphatic heterocycles. The lowest BCUT2D eigenvalue weighted by molar-refractivity contribution is -0.144. The maximum atomic E-state index is 15.5. The SMILES string of the molecule is COc1ccc(CN(c2ccncn2)S(=O)(=O)c2cc(Cl)c(NC(c3cc(Cl)ccc3F)C(F)(F)F)cc2F)c(OC)c1. The van der Waals surface area contributed by atoms with Crippen LogP contribution in [0.3, 0.4) is 0 Å². The predicted molar refractivity (Wildman–Crippen MR) is 150 cm³/mol. The summed E-state index contributed by atoms with van der Waals surface area (Å²) < 4.78 is 111. The molecule has 0 saturated carbocycles. The van der Waals surface area contributed by atoms with Crippen LogP contribution in [0.5, 0.6) is 11.5 Å². The lowest BCUT2D eigenvalue weighted by atomic mass is 10.1. The summed E-state index contributed by atoms with van der Waals surface area (Å²) in [4.78, 5) is 6.78. The lowest BCUT2D eigenvalue weighted by Crippen LogP contribution is -2.32. The molecule has 0 bridgehead atoms. The molecule has 1 aromatic heterocycles. The Morgan fingerprint density at radius 2 is 1.72 bits per heavy atom. The van der Waals surface area contributed by atoms with Gasteiger partial charge in [-0.1, -0.05) is 23.2 Å². The van der Waals surface area contributed by atoms with Gasteiger partial charge in [0.1, 0.15) is 40.2 Å². The molecule has 16 heteroatoms. The molecule has 0 radical (unpaired) electrons. The second kappa shape index (κ2) is 12.8. The Labute approximate surface area is 253 Å². The third-order valence-corrected chi connectivity index (χ3v) is 8.43. The molecule has 43 heavy (non-hydrogen) atoms. The molecule has 0 amide bonds. The van der Waals surface area contributed by atoms with Crippen LogP contribution in [0.25, 0.3) is 0 Å². The van der Waals surface area contributed by atoms with E-state index in [-0.39, 0.29) is 16.6 Å². The van der Waals surface area contributed by atoms with Crippen molar-refractivity contribution in [1.82, 2.24) is 9.97 Å². The van der Waals surface area contributed by atoms with Crippen molar-refractivity contribution in [2.75, 3.05) is 23.8 Å². The molecule has 228 valence electrons. The summed E-state index contributed by atoms with van der Waals surface area (Å²) in [7, 11) is -2.03. The van der Waals surface area contributed by atoms with Crippen molar-refractivity contribution in [1.29, 1.82) is 0 Å². The molecule has 4 rings (SSSR count). The van der Waals surface area contributed by atoms with E-state index in [0.717, 1.165) is 28.8 Å². The van der Waals surface area contributed by atoms with Crippen molar-refractivity contribution in [2.45, 2.75) is 23.7 Å². The number of alkyl halides is 3. The van der Waals surface area contributed by atoms with E-state index in [9.17, 15) is 26.0 Å². The van der Waals surface area contributed by atoms with Gasteiger partial charge in [0.05, 0.1) is 31.5 Å². The molecule has 0 saturated heterocycles. The largest absolute Gasteiger partial charge is 0.497 e. The first-order valence-corrected chi connectivity index (χ1v) is 14.2. The van der Waals surface area contributed by atoms with Crippen molar-refractivity contribution < 1.29 is 39.8 Å². The Hall–Kier alpha value is -3.88. The van der Waals surface area contributed by atoms with Gasteiger partial charge in [-0.25, -0.2) is 31.5 Å². The highest BCUT2D eigenvalue weighted by Crippen LogP contribution is 2.41. The zero-order chi connectivity index (χ0) is 31.5. The van der Waals surface area contributed by atoms with E-state index < -0.39 is 61.6 Å². The number of benzene rings is 3. The number of nitrogens with zero attached hydrogens (tertiary/aromatic N) is 3. The molecule has 1 heterocycles. The van der Waals surface area contributed by atoms with Gasteiger partial charge in [0.2, 0.25) is 0 Å². The van der Waals surface area contributed by atoms with Crippen LogP contribution >= 0.6 is 23.2 Å². The number of ether oxygens (including phenoxy) is 2. The van der Waals surface area contributed by atoms with Crippen LogP contribution in [0.1, 0.15) is 17.2 Å². The Bertz CT molecular complexity index is 1730. The summed E-state index contributed by atoms with van der Waals surface area (Å²) in [5, 5.41) is 1.19. The molecule has 0 aliphatic rings. The fourth-order valence-corrected chi connectivity index (χ4v) is 5.98. The monoisotopic (exact) mass is 662 g/mol. The predicted octanol–water partition coefficient (Wildman–Crippen LogP) is 7.19. The number of rotatable bonds is 10. The minimum absolute atomic E-state index is 0.154. The highest BCUT2D eigenvalue weighted by Gasteiger charge is 2.43. The first-order chi connectivity index (χ1) is 20.3. The van der Waals surface area contributed by atoms with E-state index in [1.54, 1.807) is 6.07 Å². The van der Waals surface area contributed by atoms with Gasteiger partial charge in [0.15, 0.2) is 6.04 Å². The molecule has 0 fully saturated rings. The van der Waals surface area contributed by atoms with Crippen molar-refractivity contribution in [3.8, 4) is 11.5 Å². The second-order valence-electron chi connectivity index (χ2n) is 8.80. The maximum Gasteiger partial charge on any atom is 0.412 e. The zero-order valence-corrected chi connectivity index (χ0v) is 24.5. The summed E-state index contributed by atoms with van der Waals surface area (Å²) in [5.41, 5.74) is -1.19. The average Bonchev–Trinajstić information content (AvgIpc) is 2.97. The molecule has 0 spiro atoms. The lowest BCUT2D eigenvalue weighted by Gasteiger charge is -2.26. The molecule has 4 aromatic rings. The van der Waals surface area contributed by atoms with Crippen LogP contribution in [-0.2, 0) is 16.6 Å².